The minimum absolute atomic E-state index is 0.212. The van der Waals surface area contributed by atoms with E-state index >= 15 is 0 Å². The molecule has 2 rings (SSSR count). The van der Waals surface area contributed by atoms with Gasteiger partial charge in [-0.15, -0.1) is 0 Å². The third kappa shape index (κ3) is 2.83. The molecule has 0 nitrogen and oxygen atoms in total. The lowest BCUT2D eigenvalue weighted by molar-refractivity contribution is 0.508. The minimum Gasteiger partial charge on any atom is -0.207 e. The summed E-state index contributed by atoms with van der Waals surface area (Å²) in [4.78, 5) is 0. The van der Waals surface area contributed by atoms with E-state index in [0.717, 1.165) is 24.0 Å². The van der Waals surface area contributed by atoms with Crippen LogP contribution in [0, 0.1) is 11.6 Å². The van der Waals surface area contributed by atoms with Crippen molar-refractivity contribution >= 4 is 0 Å². The van der Waals surface area contributed by atoms with E-state index < -0.39 is 0 Å². The molecule has 0 atom stereocenters. The van der Waals surface area contributed by atoms with Gasteiger partial charge in [-0.2, -0.15) is 0 Å². The summed E-state index contributed by atoms with van der Waals surface area (Å²) >= 11 is 0. The molecular formula is C17H18F2. The van der Waals surface area contributed by atoms with E-state index in [4.69, 9.17) is 0 Å². The maximum atomic E-state index is 13.1. The minimum atomic E-state index is -0.235. The van der Waals surface area contributed by atoms with Crippen LogP contribution in [0.2, 0.25) is 0 Å². The molecule has 0 heterocycles. The van der Waals surface area contributed by atoms with E-state index in [9.17, 15) is 8.78 Å². The summed E-state index contributed by atoms with van der Waals surface area (Å²) in [7, 11) is 0. The second-order valence-corrected chi connectivity index (χ2v) is 5.10. The lowest BCUT2D eigenvalue weighted by Gasteiger charge is -2.31. The van der Waals surface area contributed by atoms with Gasteiger partial charge in [0.05, 0.1) is 0 Å². The van der Waals surface area contributed by atoms with Gasteiger partial charge in [0.1, 0.15) is 11.6 Å². The predicted octanol–water partition coefficient (Wildman–Crippen LogP) is 5.07. The second kappa shape index (κ2) is 5.52. The van der Waals surface area contributed by atoms with Crippen molar-refractivity contribution in [1.29, 1.82) is 0 Å². The predicted molar refractivity (Wildman–Crippen MR) is 74.2 cm³/mol. The molecule has 0 unspecified atom stereocenters. The van der Waals surface area contributed by atoms with Gasteiger partial charge in [0.2, 0.25) is 0 Å². The summed E-state index contributed by atoms with van der Waals surface area (Å²) in [6.07, 6.45) is 1.94. The molecule has 0 aliphatic heterocycles. The summed E-state index contributed by atoms with van der Waals surface area (Å²) in [6, 6.07) is 13.2. The Morgan fingerprint density at radius 1 is 0.789 bits per heavy atom. The van der Waals surface area contributed by atoms with Crippen molar-refractivity contribution in [2.75, 3.05) is 0 Å². The van der Waals surface area contributed by atoms with Crippen molar-refractivity contribution in [3.8, 4) is 0 Å². The van der Waals surface area contributed by atoms with Gasteiger partial charge in [-0.25, -0.2) is 8.78 Å². The van der Waals surface area contributed by atoms with Gasteiger partial charge in [0.15, 0.2) is 0 Å². The van der Waals surface area contributed by atoms with Crippen molar-refractivity contribution in [1.82, 2.24) is 0 Å². The van der Waals surface area contributed by atoms with Crippen LogP contribution in [0.3, 0.4) is 0 Å². The zero-order valence-electron chi connectivity index (χ0n) is 11.3. The molecule has 0 aliphatic carbocycles. The Morgan fingerprint density at radius 3 is 1.47 bits per heavy atom. The van der Waals surface area contributed by atoms with Gasteiger partial charge in [0, 0.05) is 5.41 Å². The number of benzene rings is 2. The maximum absolute atomic E-state index is 13.1. The SMILES string of the molecule is CCCC(C)(c1ccc(F)cc1)c1ccc(F)cc1. The van der Waals surface area contributed by atoms with Gasteiger partial charge in [-0.05, 0) is 41.8 Å². The fourth-order valence-corrected chi connectivity index (χ4v) is 2.59. The average molecular weight is 260 g/mol. The molecule has 0 spiro atoms. The van der Waals surface area contributed by atoms with E-state index in [1.165, 1.54) is 24.3 Å². The largest absolute Gasteiger partial charge is 0.207 e. The monoisotopic (exact) mass is 260 g/mol. The molecule has 19 heavy (non-hydrogen) atoms. The molecule has 0 amide bonds. The highest BCUT2D eigenvalue weighted by Crippen LogP contribution is 2.36. The van der Waals surface area contributed by atoms with E-state index in [1.807, 2.05) is 24.3 Å². The van der Waals surface area contributed by atoms with Gasteiger partial charge >= 0.3 is 0 Å². The highest BCUT2D eigenvalue weighted by molar-refractivity contribution is 5.38. The standard InChI is InChI=1S/C17H18F2/c1-3-12-17(2,13-4-8-15(18)9-5-13)14-6-10-16(19)11-7-14/h4-11H,3,12H2,1-2H3. The molecule has 0 radical (unpaired) electrons. The van der Waals surface area contributed by atoms with Crippen LogP contribution in [0.15, 0.2) is 48.5 Å². The van der Waals surface area contributed by atoms with Gasteiger partial charge in [0.25, 0.3) is 0 Å². The first kappa shape index (κ1) is 13.7. The summed E-state index contributed by atoms with van der Waals surface area (Å²) in [6.45, 7) is 4.24. The van der Waals surface area contributed by atoms with Crippen molar-refractivity contribution in [2.24, 2.45) is 0 Å². The van der Waals surface area contributed by atoms with Gasteiger partial charge < -0.3 is 0 Å². The fraction of sp³-hybridized carbons (Fsp3) is 0.294. The van der Waals surface area contributed by atoms with Crippen LogP contribution in [0.4, 0.5) is 8.78 Å². The van der Waals surface area contributed by atoms with E-state index in [1.54, 1.807) is 0 Å². The quantitative estimate of drug-likeness (QED) is 0.720. The Kier molecular flexibility index (Phi) is 3.98. The van der Waals surface area contributed by atoms with E-state index in [2.05, 4.69) is 13.8 Å². The number of halogens is 2. The first-order valence-corrected chi connectivity index (χ1v) is 6.58. The molecule has 0 aliphatic rings. The zero-order chi connectivity index (χ0) is 13.9. The summed E-state index contributed by atoms with van der Waals surface area (Å²) in [5.74, 6) is -0.469. The van der Waals surface area contributed by atoms with Crippen LogP contribution in [0.25, 0.3) is 0 Å². The van der Waals surface area contributed by atoms with Crippen LogP contribution >= 0.6 is 0 Å². The number of hydrogen-bond donors (Lipinski definition) is 0. The zero-order valence-corrected chi connectivity index (χ0v) is 11.3. The fourth-order valence-electron chi connectivity index (χ4n) is 2.59. The molecule has 2 aromatic carbocycles. The summed E-state index contributed by atoms with van der Waals surface area (Å²) < 4.78 is 26.1. The highest BCUT2D eigenvalue weighted by atomic mass is 19.1. The summed E-state index contributed by atoms with van der Waals surface area (Å²) in [5, 5.41) is 0. The Morgan fingerprint density at radius 2 is 1.16 bits per heavy atom. The Balaban J connectivity index is 2.47. The maximum Gasteiger partial charge on any atom is 0.123 e. The molecule has 0 bridgehead atoms. The third-order valence-corrected chi connectivity index (χ3v) is 3.71. The van der Waals surface area contributed by atoms with E-state index in [-0.39, 0.29) is 17.0 Å². The van der Waals surface area contributed by atoms with Crippen LogP contribution in [0.1, 0.15) is 37.8 Å². The first-order valence-electron chi connectivity index (χ1n) is 6.58. The smallest absolute Gasteiger partial charge is 0.123 e. The average Bonchev–Trinajstić information content (AvgIpc) is 2.40. The highest BCUT2D eigenvalue weighted by Gasteiger charge is 2.27. The van der Waals surface area contributed by atoms with Crippen LogP contribution in [-0.4, -0.2) is 0 Å². The molecule has 100 valence electrons. The lowest BCUT2D eigenvalue weighted by Crippen LogP contribution is -2.23. The lowest BCUT2D eigenvalue weighted by atomic mass is 9.73. The van der Waals surface area contributed by atoms with Crippen molar-refractivity contribution in [3.05, 3.63) is 71.3 Å². The van der Waals surface area contributed by atoms with Crippen molar-refractivity contribution in [2.45, 2.75) is 32.1 Å². The van der Waals surface area contributed by atoms with E-state index in [0.29, 0.717) is 0 Å². The normalized spacial score (nSPS) is 11.6. The summed E-state index contributed by atoms with van der Waals surface area (Å²) in [5.41, 5.74) is 1.90. The molecule has 0 N–H and O–H groups in total. The molecule has 0 aromatic heterocycles. The van der Waals surface area contributed by atoms with Crippen LogP contribution in [0.5, 0.6) is 0 Å². The van der Waals surface area contributed by atoms with Gasteiger partial charge in [-0.3, -0.25) is 0 Å². The second-order valence-electron chi connectivity index (χ2n) is 5.10. The number of rotatable bonds is 4. The molecule has 0 fully saturated rings. The Hall–Kier alpha value is -1.70. The Labute approximate surface area is 113 Å². The number of hydrogen-bond acceptors (Lipinski definition) is 0. The molecule has 0 saturated heterocycles. The molecule has 0 saturated carbocycles. The van der Waals surface area contributed by atoms with Crippen molar-refractivity contribution in [3.63, 3.8) is 0 Å². The van der Waals surface area contributed by atoms with Crippen LogP contribution in [-0.2, 0) is 5.41 Å². The first-order chi connectivity index (χ1) is 9.06. The van der Waals surface area contributed by atoms with Gasteiger partial charge in [-0.1, -0.05) is 44.5 Å². The van der Waals surface area contributed by atoms with Crippen molar-refractivity contribution < 1.29 is 8.78 Å². The third-order valence-electron chi connectivity index (χ3n) is 3.71. The van der Waals surface area contributed by atoms with Crippen LogP contribution < -0.4 is 0 Å². The molecule has 2 heteroatoms. The molecule has 2 aromatic rings. The molecular weight excluding hydrogens is 242 g/mol. The topological polar surface area (TPSA) is 0 Å². The Bertz CT molecular complexity index is 481.